The molecule has 5 heteroatoms. The molecule has 0 saturated carbocycles. The highest BCUT2D eigenvalue weighted by Crippen LogP contribution is 2.42. The summed E-state index contributed by atoms with van der Waals surface area (Å²) in [6.45, 7) is 3.62. The summed E-state index contributed by atoms with van der Waals surface area (Å²) in [5.41, 5.74) is 4.97. The first kappa shape index (κ1) is 20.8. The summed E-state index contributed by atoms with van der Waals surface area (Å²) < 4.78 is 13.7. The smallest absolute Gasteiger partial charge is 0.335 e. The van der Waals surface area contributed by atoms with E-state index in [2.05, 4.69) is 6.07 Å². The van der Waals surface area contributed by atoms with Gasteiger partial charge in [-0.1, -0.05) is 30.3 Å². The number of aromatic carboxylic acids is 1. The van der Waals surface area contributed by atoms with E-state index in [1.165, 1.54) is 6.07 Å². The molecule has 0 spiro atoms. The predicted octanol–water partition coefficient (Wildman–Crippen LogP) is 5.66. The van der Waals surface area contributed by atoms with E-state index < -0.39 is 5.97 Å². The van der Waals surface area contributed by atoms with Crippen LogP contribution >= 0.6 is 0 Å². The Balaban J connectivity index is 1.76. The molecule has 1 heterocycles. The van der Waals surface area contributed by atoms with Crippen molar-refractivity contribution >= 4 is 17.6 Å². The van der Waals surface area contributed by atoms with Crippen molar-refractivity contribution in [2.45, 2.75) is 38.6 Å². The highest BCUT2D eigenvalue weighted by molar-refractivity contribution is 5.94. The first-order chi connectivity index (χ1) is 14.8. The fourth-order valence-corrected chi connectivity index (χ4v) is 4.59. The number of carboxylic acid groups (broad SMARTS) is 1. The Morgan fingerprint density at radius 1 is 1.03 bits per heavy atom. The summed E-state index contributed by atoms with van der Waals surface area (Å²) in [7, 11) is 0. The fraction of sp³-hybridized carbons (Fsp3) is 0.231. The second-order valence-corrected chi connectivity index (χ2v) is 8.16. The lowest BCUT2D eigenvalue weighted by atomic mass is 9.81. The number of fused-ring (bicyclic) bond motifs is 1. The zero-order valence-electron chi connectivity index (χ0n) is 17.5. The maximum atomic E-state index is 13.7. The predicted molar refractivity (Wildman–Crippen MR) is 119 cm³/mol. The van der Waals surface area contributed by atoms with E-state index >= 15 is 0 Å². The number of benzene rings is 3. The van der Waals surface area contributed by atoms with Crippen LogP contribution in [0.3, 0.4) is 0 Å². The number of hydrogen-bond donors (Lipinski definition) is 1. The summed E-state index contributed by atoms with van der Waals surface area (Å²) in [6, 6.07) is 19.5. The lowest BCUT2D eigenvalue weighted by Crippen LogP contribution is -2.42. The summed E-state index contributed by atoms with van der Waals surface area (Å²) in [5, 5.41) is 9.14. The molecule has 2 atom stereocenters. The molecule has 3 aromatic rings. The van der Waals surface area contributed by atoms with Gasteiger partial charge in [-0.25, -0.2) is 9.18 Å². The molecule has 0 bridgehead atoms. The minimum atomic E-state index is -0.960. The normalized spacial score (nSPS) is 17.8. The first-order valence-corrected chi connectivity index (χ1v) is 10.4. The molecule has 0 aliphatic carbocycles. The average Bonchev–Trinajstić information content (AvgIpc) is 2.73. The zero-order chi connectivity index (χ0) is 22.1. The van der Waals surface area contributed by atoms with Crippen molar-refractivity contribution in [1.29, 1.82) is 0 Å². The molecule has 1 N–H and O–H groups in total. The molecule has 0 fully saturated rings. The Hall–Kier alpha value is -3.47. The van der Waals surface area contributed by atoms with Crippen LogP contribution in [-0.4, -0.2) is 23.0 Å². The Kier molecular flexibility index (Phi) is 5.59. The van der Waals surface area contributed by atoms with Crippen molar-refractivity contribution in [2.75, 3.05) is 4.90 Å². The summed E-state index contributed by atoms with van der Waals surface area (Å²) in [6.07, 6.45) is 1.47. The monoisotopic (exact) mass is 417 g/mol. The SMILES string of the molecule is CC(=O)N1c2ccc(-c3ccc(C(=O)O)cc3)cc2C(Cc2cccc(F)c2)CC1C. The molecule has 0 saturated heterocycles. The molecule has 0 aromatic heterocycles. The van der Waals surface area contributed by atoms with Crippen LogP contribution in [0.5, 0.6) is 0 Å². The topological polar surface area (TPSA) is 57.6 Å². The molecule has 31 heavy (non-hydrogen) atoms. The van der Waals surface area contributed by atoms with Crippen LogP contribution in [0.15, 0.2) is 66.7 Å². The van der Waals surface area contributed by atoms with Crippen LogP contribution in [0, 0.1) is 5.82 Å². The molecule has 1 amide bonds. The molecule has 3 aromatic carbocycles. The molecular weight excluding hydrogens is 393 g/mol. The molecule has 4 rings (SSSR count). The summed E-state index contributed by atoms with van der Waals surface area (Å²) >= 11 is 0. The fourth-order valence-electron chi connectivity index (χ4n) is 4.59. The number of amides is 1. The van der Waals surface area contributed by atoms with Crippen molar-refractivity contribution in [1.82, 2.24) is 0 Å². The van der Waals surface area contributed by atoms with E-state index in [0.29, 0.717) is 6.42 Å². The number of carboxylic acids is 1. The van der Waals surface area contributed by atoms with E-state index in [9.17, 15) is 14.0 Å². The second kappa shape index (κ2) is 8.34. The molecule has 1 aliphatic rings. The number of carbonyl (C=O) groups is 2. The maximum absolute atomic E-state index is 13.7. The highest BCUT2D eigenvalue weighted by atomic mass is 19.1. The van der Waals surface area contributed by atoms with Crippen LogP contribution in [0.2, 0.25) is 0 Å². The standard InChI is InChI=1S/C26H24FNO3/c1-16-12-22(13-18-4-3-5-23(27)14-18)24-15-21(10-11-25(24)28(16)17(2)29)19-6-8-20(9-7-19)26(30)31/h3-11,14-16,22H,12-13H2,1-2H3,(H,30,31). The number of anilines is 1. The maximum Gasteiger partial charge on any atom is 0.335 e. The molecule has 0 radical (unpaired) electrons. The minimum Gasteiger partial charge on any atom is -0.478 e. The zero-order valence-corrected chi connectivity index (χ0v) is 17.5. The Morgan fingerprint density at radius 3 is 2.39 bits per heavy atom. The van der Waals surface area contributed by atoms with E-state index in [1.807, 2.05) is 30.0 Å². The molecule has 1 aliphatic heterocycles. The minimum absolute atomic E-state index is 0.00323. The van der Waals surface area contributed by atoms with Gasteiger partial charge < -0.3 is 10.0 Å². The molecule has 158 valence electrons. The van der Waals surface area contributed by atoms with Gasteiger partial charge in [0.2, 0.25) is 5.91 Å². The summed E-state index contributed by atoms with van der Waals surface area (Å²) in [4.78, 5) is 25.3. The second-order valence-electron chi connectivity index (χ2n) is 8.16. The van der Waals surface area contributed by atoms with Crippen molar-refractivity contribution < 1.29 is 19.1 Å². The van der Waals surface area contributed by atoms with E-state index in [4.69, 9.17) is 5.11 Å². The van der Waals surface area contributed by atoms with Gasteiger partial charge in [0.05, 0.1) is 5.56 Å². The van der Waals surface area contributed by atoms with Gasteiger partial charge in [-0.3, -0.25) is 4.79 Å². The largest absolute Gasteiger partial charge is 0.478 e. The van der Waals surface area contributed by atoms with Crippen LogP contribution in [0.25, 0.3) is 11.1 Å². The van der Waals surface area contributed by atoms with Crippen LogP contribution in [0.1, 0.15) is 47.7 Å². The van der Waals surface area contributed by atoms with Crippen molar-refractivity contribution in [3.8, 4) is 11.1 Å². The van der Waals surface area contributed by atoms with E-state index in [-0.39, 0.29) is 29.2 Å². The first-order valence-electron chi connectivity index (χ1n) is 10.4. The number of hydrogen-bond acceptors (Lipinski definition) is 2. The van der Waals surface area contributed by atoms with Gasteiger partial charge in [0.15, 0.2) is 0 Å². The van der Waals surface area contributed by atoms with E-state index in [0.717, 1.165) is 34.4 Å². The lowest BCUT2D eigenvalue weighted by Gasteiger charge is -2.39. The van der Waals surface area contributed by atoms with Gasteiger partial charge in [-0.2, -0.15) is 0 Å². The third-order valence-electron chi connectivity index (χ3n) is 5.97. The van der Waals surface area contributed by atoms with Crippen LogP contribution < -0.4 is 4.90 Å². The Labute approximate surface area is 181 Å². The molecular formula is C26H24FNO3. The Bertz CT molecular complexity index is 1140. The number of carbonyl (C=O) groups excluding carboxylic acids is 1. The van der Waals surface area contributed by atoms with Gasteiger partial charge in [-0.15, -0.1) is 0 Å². The summed E-state index contributed by atoms with van der Waals surface area (Å²) in [5.74, 6) is -1.07. The number of halogens is 1. The lowest BCUT2D eigenvalue weighted by molar-refractivity contribution is -0.117. The van der Waals surface area contributed by atoms with Gasteiger partial charge in [0.25, 0.3) is 0 Å². The van der Waals surface area contributed by atoms with Crippen LogP contribution in [-0.2, 0) is 11.2 Å². The quantitative estimate of drug-likeness (QED) is 0.596. The van der Waals surface area contributed by atoms with Crippen LogP contribution in [0.4, 0.5) is 10.1 Å². The third kappa shape index (κ3) is 4.22. The number of rotatable bonds is 4. The van der Waals surface area contributed by atoms with Crippen molar-refractivity contribution in [2.24, 2.45) is 0 Å². The molecule has 4 nitrogen and oxygen atoms in total. The Morgan fingerprint density at radius 2 is 1.74 bits per heavy atom. The van der Waals surface area contributed by atoms with E-state index in [1.54, 1.807) is 43.3 Å². The van der Waals surface area contributed by atoms with Gasteiger partial charge in [0, 0.05) is 18.7 Å². The van der Waals surface area contributed by atoms with Gasteiger partial charge >= 0.3 is 5.97 Å². The third-order valence-corrected chi connectivity index (χ3v) is 5.97. The molecule has 2 unspecified atom stereocenters. The van der Waals surface area contributed by atoms with Crippen molar-refractivity contribution in [3.63, 3.8) is 0 Å². The van der Waals surface area contributed by atoms with Gasteiger partial charge in [-0.05, 0) is 84.3 Å². The highest BCUT2D eigenvalue weighted by Gasteiger charge is 2.32. The average molecular weight is 417 g/mol. The van der Waals surface area contributed by atoms with Crippen molar-refractivity contribution in [3.05, 3.63) is 89.2 Å². The van der Waals surface area contributed by atoms with Gasteiger partial charge in [0.1, 0.15) is 5.82 Å². The number of nitrogens with zero attached hydrogens (tertiary/aromatic N) is 1.